The molecule has 3 nitrogen and oxygen atoms in total. The summed E-state index contributed by atoms with van der Waals surface area (Å²) in [6, 6.07) is 0. The van der Waals surface area contributed by atoms with Gasteiger partial charge in [0.05, 0.1) is 24.7 Å². The highest BCUT2D eigenvalue weighted by molar-refractivity contribution is 5.70. The van der Waals surface area contributed by atoms with Gasteiger partial charge in [0.2, 0.25) is 5.82 Å². The first-order valence-corrected chi connectivity index (χ1v) is 5.16. The van der Waals surface area contributed by atoms with Crippen molar-refractivity contribution in [2.75, 3.05) is 6.61 Å². The molecule has 0 saturated carbocycles. The van der Waals surface area contributed by atoms with Gasteiger partial charge in [-0.1, -0.05) is 0 Å². The Kier molecular flexibility index (Phi) is 4.82. The predicted molar refractivity (Wildman–Crippen MR) is 52.4 cm³/mol. The number of aliphatic hydroxyl groups excluding tert-OH is 1. The zero-order chi connectivity index (χ0) is 14.7. The molecular formula is C11H9F5O3. The third kappa shape index (κ3) is 3.01. The van der Waals surface area contributed by atoms with Gasteiger partial charge in [-0.3, -0.25) is 4.79 Å². The molecule has 0 radical (unpaired) electrons. The smallest absolute Gasteiger partial charge is 0.308 e. The Morgan fingerprint density at radius 2 is 1.47 bits per heavy atom. The van der Waals surface area contributed by atoms with Crippen molar-refractivity contribution in [2.24, 2.45) is 0 Å². The monoisotopic (exact) mass is 284 g/mol. The van der Waals surface area contributed by atoms with E-state index in [9.17, 15) is 31.9 Å². The molecule has 0 aromatic heterocycles. The molecule has 0 aliphatic rings. The summed E-state index contributed by atoms with van der Waals surface area (Å²) in [6.45, 7) is 1.39. The topological polar surface area (TPSA) is 46.5 Å². The molecule has 1 rings (SSSR count). The minimum Gasteiger partial charge on any atom is -0.466 e. The highest BCUT2D eigenvalue weighted by atomic mass is 19.2. The predicted octanol–water partition coefficient (Wildman–Crippen LogP) is 2.37. The summed E-state index contributed by atoms with van der Waals surface area (Å²) < 4.78 is 69.4. The zero-order valence-electron chi connectivity index (χ0n) is 9.65. The third-order valence-electron chi connectivity index (χ3n) is 2.24. The number of rotatable bonds is 4. The van der Waals surface area contributed by atoms with Crippen molar-refractivity contribution >= 4 is 5.97 Å². The van der Waals surface area contributed by atoms with Gasteiger partial charge >= 0.3 is 5.97 Å². The maximum atomic E-state index is 13.3. The van der Waals surface area contributed by atoms with Gasteiger partial charge in [0.25, 0.3) is 0 Å². The van der Waals surface area contributed by atoms with Crippen LogP contribution >= 0.6 is 0 Å². The first kappa shape index (κ1) is 15.4. The van der Waals surface area contributed by atoms with Crippen LogP contribution in [0.4, 0.5) is 22.0 Å². The number of ether oxygens (including phenoxy) is 1. The lowest BCUT2D eigenvalue weighted by atomic mass is 10.0. The molecule has 0 saturated heterocycles. The van der Waals surface area contributed by atoms with E-state index >= 15 is 0 Å². The highest BCUT2D eigenvalue weighted by Gasteiger charge is 2.30. The van der Waals surface area contributed by atoms with E-state index in [-0.39, 0.29) is 6.61 Å². The third-order valence-corrected chi connectivity index (χ3v) is 2.24. The van der Waals surface area contributed by atoms with Gasteiger partial charge < -0.3 is 9.84 Å². The SMILES string of the molecule is CCOC(=O)CC(O)c1c(F)c(F)c(F)c(F)c1F. The van der Waals surface area contributed by atoms with Crippen molar-refractivity contribution in [3.8, 4) is 0 Å². The van der Waals surface area contributed by atoms with Gasteiger partial charge in [-0.2, -0.15) is 0 Å². The Morgan fingerprint density at radius 1 is 1.05 bits per heavy atom. The van der Waals surface area contributed by atoms with Gasteiger partial charge in [0.1, 0.15) is 0 Å². The van der Waals surface area contributed by atoms with Gasteiger partial charge in [0.15, 0.2) is 23.3 Å². The molecule has 19 heavy (non-hydrogen) atoms. The van der Waals surface area contributed by atoms with Crippen molar-refractivity contribution in [2.45, 2.75) is 19.4 Å². The van der Waals surface area contributed by atoms with Crippen LogP contribution in [0.15, 0.2) is 0 Å². The number of aliphatic hydroxyl groups is 1. The van der Waals surface area contributed by atoms with Crippen LogP contribution in [0.5, 0.6) is 0 Å². The van der Waals surface area contributed by atoms with Crippen LogP contribution < -0.4 is 0 Å². The second-order valence-corrected chi connectivity index (χ2v) is 3.51. The molecular weight excluding hydrogens is 275 g/mol. The zero-order valence-corrected chi connectivity index (χ0v) is 9.65. The summed E-state index contributed by atoms with van der Waals surface area (Å²) in [7, 11) is 0. The number of benzene rings is 1. The van der Waals surface area contributed by atoms with E-state index < -0.39 is 53.1 Å². The van der Waals surface area contributed by atoms with Gasteiger partial charge in [-0.05, 0) is 6.92 Å². The summed E-state index contributed by atoms with van der Waals surface area (Å²) in [4.78, 5) is 11.0. The Hall–Kier alpha value is -1.70. The minimum absolute atomic E-state index is 0.0529. The van der Waals surface area contributed by atoms with Crippen molar-refractivity contribution in [3.05, 3.63) is 34.6 Å². The summed E-state index contributed by atoms with van der Waals surface area (Å²) >= 11 is 0. The molecule has 0 fully saturated rings. The van der Waals surface area contributed by atoms with Crippen LogP contribution in [0.2, 0.25) is 0 Å². The fourth-order valence-corrected chi connectivity index (χ4v) is 1.39. The summed E-state index contributed by atoms with van der Waals surface area (Å²) in [6.07, 6.45) is -3.12. The molecule has 1 aromatic carbocycles. The van der Waals surface area contributed by atoms with Crippen LogP contribution in [0, 0.1) is 29.1 Å². The number of hydrogen-bond donors (Lipinski definition) is 1. The summed E-state index contributed by atoms with van der Waals surface area (Å²) in [5.41, 5.74) is -1.45. The lowest BCUT2D eigenvalue weighted by Crippen LogP contribution is -2.15. The lowest BCUT2D eigenvalue weighted by molar-refractivity contribution is -0.145. The van der Waals surface area contributed by atoms with E-state index in [2.05, 4.69) is 4.74 Å². The van der Waals surface area contributed by atoms with E-state index in [0.29, 0.717) is 0 Å². The van der Waals surface area contributed by atoms with Crippen LogP contribution in [0.25, 0.3) is 0 Å². The van der Waals surface area contributed by atoms with Crippen LogP contribution in [-0.4, -0.2) is 17.7 Å². The molecule has 0 aliphatic heterocycles. The molecule has 0 heterocycles. The second kappa shape index (κ2) is 5.96. The first-order chi connectivity index (χ1) is 8.81. The van der Waals surface area contributed by atoms with Gasteiger partial charge in [0, 0.05) is 0 Å². The van der Waals surface area contributed by atoms with E-state index in [1.807, 2.05) is 0 Å². The van der Waals surface area contributed by atoms with Crippen LogP contribution in [0.1, 0.15) is 25.0 Å². The highest BCUT2D eigenvalue weighted by Crippen LogP contribution is 2.29. The molecule has 8 heteroatoms. The second-order valence-electron chi connectivity index (χ2n) is 3.51. The number of esters is 1. The molecule has 106 valence electrons. The largest absolute Gasteiger partial charge is 0.466 e. The average Bonchev–Trinajstić information content (AvgIpc) is 2.34. The minimum atomic E-state index is -2.33. The molecule has 0 amide bonds. The van der Waals surface area contributed by atoms with Crippen LogP contribution in [-0.2, 0) is 9.53 Å². The molecule has 0 aliphatic carbocycles. The Bertz CT molecular complexity index is 475. The van der Waals surface area contributed by atoms with Gasteiger partial charge in [-0.25, -0.2) is 22.0 Å². The standard InChI is InChI=1S/C11H9F5O3/c1-2-19-5(18)3-4(17)6-7(12)9(14)11(16)10(15)8(6)13/h4,17H,2-3H2,1H3. The number of carbonyl (C=O) groups is 1. The Balaban J connectivity index is 3.17. The van der Waals surface area contributed by atoms with Crippen molar-refractivity contribution in [1.29, 1.82) is 0 Å². The average molecular weight is 284 g/mol. The fourth-order valence-electron chi connectivity index (χ4n) is 1.39. The van der Waals surface area contributed by atoms with E-state index in [0.717, 1.165) is 0 Å². The van der Waals surface area contributed by atoms with E-state index in [1.54, 1.807) is 0 Å². The van der Waals surface area contributed by atoms with Crippen molar-refractivity contribution in [3.63, 3.8) is 0 Å². The van der Waals surface area contributed by atoms with Crippen molar-refractivity contribution in [1.82, 2.24) is 0 Å². The normalized spacial score (nSPS) is 12.4. The molecule has 0 bridgehead atoms. The fraction of sp³-hybridized carbons (Fsp3) is 0.364. The Morgan fingerprint density at radius 3 is 1.89 bits per heavy atom. The van der Waals surface area contributed by atoms with E-state index in [1.165, 1.54) is 6.92 Å². The molecule has 1 aromatic rings. The Labute approximate surface area is 104 Å². The lowest BCUT2D eigenvalue weighted by Gasteiger charge is -2.13. The quantitative estimate of drug-likeness (QED) is 0.399. The molecule has 1 unspecified atom stereocenters. The molecule has 0 spiro atoms. The molecule has 1 N–H and O–H groups in total. The van der Waals surface area contributed by atoms with E-state index in [4.69, 9.17) is 0 Å². The maximum Gasteiger partial charge on any atom is 0.308 e. The number of halogens is 5. The summed E-state index contributed by atoms with van der Waals surface area (Å²) in [5, 5.41) is 9.38. The van der Waals surface area contributed by atoms with Crippen LogP contribution in [0.3, 0.4) is 0 Å². The number of hydrogen-bond acceptors (Lipinski definition) is 3. The van der Waals surface area contributed by atoms with Crippen molar-refractivity contribution < 1.29 is 36.6 Å². The molecule has 1 atom stereocenters. The summed E-state index contributed by atoms with van der Waals surface area (Å²) in [5.74, 6) is -12.1. The van der Waals surface area contributed by atoms with Gasteiger partial charge in [-0.15, -0.1) is 0 Å². The first-order valence-electron chi connectivity index (χ1n) is 5.16. The number of carbonyl (C=O) groups excluding carboxylic acids is 1. The maximum absolute atomic E-state index is 13.3.